The molecule has 0 radical (unpaired) electrons. The molecule has 0 spiro atoms. The number of hydrogen-bond acceptors (Lipinski definition) is 1. The lowest BCUT2D eigenvalue weighted by atomic mass is 9.69. The largest absolute Gasteiger partial charge is 0.389 e. The molecular weight excluding hydrogens is 208 g/mol. The monoisotopic (exact) mass is 232 g/mol. The minimum Gasteiger partial charge on any atom is -0.389 e. The van der Waals surface area contributed by atoms with Gasteiger partial charge in [-0.2, -0.15) is 0 Å². The van der Waals surface area contributed by atoms with Crippen LogP contribution in [0.5, 0.6) is 0 Å². The summed E-state index contributed by atoms with van der Waals surface area (Å²) in [6, 6.07) is 8.40. The molecule has 2 rings (SSSR count). The van der Waals surface area contributed by atoms with Gasteiger partial charge in [0.25, 0.3) is 0 Å². The van der Waals surface area contributed by atoms with E-state index in [4.69, 9.17) is 0 Å². The van der Waals surface area contributed by atoms with Gasteiger partial charge in [-0.25, -0.2) is 0 Å². The van der Waals surface area contributed by atoms with Gasteiger partial charge in [0.15, 0.2) is 0 Å². The third-order valence-corrected chi connectivity index (χ3v) is 4.09. The van der Waals surface area contributed by atoms with Crippen LogP contribution in [-0.2, 0) is 0 Å². The van der Waals surface area contributed by atoms with Crippen LogP contribution in [0, 0.1) is 5.41 Å². The van der Waals surface area contributed by atoms with Crippen molar-refractivity contribution >= 4 is 0 Å². The van der Waals surface area contributed by atoms with E-state index in [1.807, 2.05) is 13.0 Å². The van der Waals surface area contributed by atoms with Crippen molar-refractivity contribution in [1.29, 1.82) is 0 Å². The van der Waals surface area contributed by atoms with Crippen LogP contribution in [0.2, 0.25) is 0 Å². The molecule has 0 saturated heterocycles. The van der Waals surface area contributed by atoms with Crippen molar-refractivity contribution in [3.8, 4) is 0 Å². The second kappa shape index (κ2) is 4.81. The van der Waals surface area contributed by atoms with Crippen LogP contribution >= 0.6 is 0 Å². The minimum atomic E-state index is -0.351. The van der Waals surface area contributed by atoms with Gasteiger partial charge in [0.05, 0.1) is 6.10 Å². The van der Waals surface area contributed by atoms with Crippen molar-refractivity contribution in [2.24, 2.45) is 5.41 Å². The number of hydrogen-bond donors (Lipinski definition) is 1. The Bertz CT molecular complexity index is 379. The van der Waals surface area contributed by atoms with Gasteiger partial charge in [-0.15, -0.1) is 0 Å². The maximum Gasteiger partial charge on any atom is 0.0764 e. The quantitative estimate of drug-likeness (QED) is 0.800. The highest BCUT2D eigenvalue weighted by molar-refractivity contribution is 5.32. The molecule has 0 heterocycles. The van der Waals surface area contributed by atoms with Gasteiger partial charge < -0.3 is 5.11 Å². The standard InChI is InChI=1S/C16H24O/c1-12(17)14-8-4-5-9-15(14)13-7-6-10-16(2,3)11-13/h4-5,8-9,12-13,17H,6-7,10-11H2,1-3H3. The molecule has 1 aliphatic carbocycles. The molecule has 1 aromatic carbocycles. The zero-order valence-electron chi connectivity index (χ0n) is 11.2. The van der Waals surface area contributed by atoms with E-state index in [1.165, 1.54) is 31.2 Å². The fraction of sp³-hybridized carbons (Fsp3) is 0.625. The molecule has 1 fully saturated rings. The van der Waals surface area contributed by atoms with E-state index >= 15 is 0 Å². The number of aliphatic hydroxyl groups excluding tert-OH is 1. The van der Waals surface area contributed by atoms with Crippen LogP contribution in [-0.4, -0.2) is 5.11 Å². The Morgan fingerprint density at radius 2 is 2.00 bits per heavy atom. The highest BCUT2D eigenvalue weighted by atomic mass is 16.3. The lowest BCUT2D eigenvalue weighted by molar-refractivity contribution is 0.190. The van der Waals surface area contributed by atoms with Crippen molar-refractivity contribution in [1.82, 2.24) is 0 Å². The number of rotatable bonds is 2. The molecule has 1 saturated carbocycles. The average Bonchev–Trinajstić information content (AvgIpc) is 2.27. The molecule has 0 aromatic heterocycles. The summed E-state index contributed by atoms with van der Waals surface area (Å²) in [5.74, 6) is 0.629. The molecule has 1 nitrogen and oxygen atoms in total. The van der Waals surface area contributed by atoms with Crippen molar-refractivity contribution < 1.29 is 5.11 Å². The fourth-order valence-electron chi connectivity index (χ4n) is 3.23. The van der Waals surface area contributed by atoms with Crippen LogP contribution in [0.15, 0.2) is 24.3 Å². The molecule has 0 amide bonds. The van der Waals surface area contributed by atoms with Gasteiger partial charge in [0.2, 0.25) is 0 Å². The first kappa shape index (κ1) is 12.6. The predicted molar refractivity (Wildman–Crippen MR) is 72.1 cm³/mol. The Labute approximate surface area is 105 Å². The first-order chi connectivity index (χ1) is 7.99. The van der Waals surface area contributed by atoms with Crippen molar-refractivity contribution in [2.45, 2.75) is 58.5 Å². The topological polar surface area (TPSA) is 20.2 Å². The van der Waals surface area contributed by atoms with Gasteiger partial charge >= 0.3 is 0 Å². The van der Waals surface area contributed by atoms with Crippen LogP contribution in [0.3, 0.4) is 0 Å². The van der Waals surface area contributed by atoms with Gasteiger partial charge in [0.1, 0.15) is 0 Å². The molecule has 17 heavy (non-hydrogen) atoms. The maximum atomic E-state index is 9.87. The molecule has 2 atom stereocenters. The third-order valence-electron chi connectivity index (χ3n) is 4.09. The van der Waals surface area contributed by atoms with Crippen molar-refractivity contribution in [3.63, 3.8) is 0 Å². The fourth-order valence-corrected chi connectivity index (χ4v) is 3.23. The first-order valence-electron chi connectivity index (χ1n) is 6.76. The summed E-state index contributed by atoms with van der Waals surface area (Å²) in [5, 5.41) is 9.87. The molecule has 2 unspecified atom stereocenters. The Balaban J connectivity index is 2.27. The maximum absolute atomic E-state index is 9.87. The Morgan fingerprint density at radius 1 is 1.29 bits per heavy atom. The molecule has 0 bridgehead atoms. The second-order valence-electron chi connectivity index (χ2n) is 6.26. The third kappa shape index (κ3) is 2.90. The van der Waals surface area contributed by atoms with Gasteiger partial charge in [-0.3, -0.25) is 0 Å². The van der Waals surface area contributed by atoms with E-state index in [-0.39, 0.29) is 6.10 Å². The lowest BCUT2D eigenvalue weighted by Crippen LogP contribution is -2.22. The molecule has 1 aliphatic rings. The van der Waals surface area contributed by atoms with E-state index in [1.54, 1.807) is 0 Å². The van der Waals surface area contributed by atoms with Gasteiger partial charge in [-0.05, 0) is 48.6 Å². The summed E-state index contributed by atoms with van der Waals surface area (Å²) in [6.07, 6.45) is 4.81. The zero-order chi connectivity index (χ0) is 12.5. The summed E-state index contributed by atoms with van der Waals surface area (Å²) in [7, 11) is 0. The summed E-state index contributed by atoms with van der Waals surface area (Å²) < 4.78 is 0. The van der Waals surface area contributed by atoms with Crippen LogP contribution in [0.1, 0.15) is 69.6 Å². The summed E-state index contributed by atoms with van der Waals surface area (Å²) in [6.45, 7) is 6.60. The van der Waals surface area contributed by atoms with Gasteiger partial charge in [-0.1, -0.05) is 44.5 Å². The van der Waals surface area contributed by atoms with E-state index in [0.717, 1.165) is 5.56 Å². The van der Waals surface area contributed by atoms with Crippen molar-refractivity contribution in [3.05, 3.63) is 35.4 Å². The minimum absolute atomic E-state index is 0.351. The first-order valence-corrected chi connectivity index (χ1v) is 6.76. The smallest absolute Gasteiger partial charge is 0.0764 e. The Hall–Kier alpha value is -0.820. The Morgan fingerprint density at radius 3 is 2.65 bits per heavy atom. The summed E-state index contributed by atoms with van der Waals surface area (Å²) in [5.41, 5.74) is 2.94. The average molecular weight is 232 g/mol. The molecule has 94 valence electrons. The molecular formula is C16H24O. The Kier molecular flexibility index (Phi) is 3.58. The highest BCUT2D eigenvalue weighted by Gasteiger charge is 2.30. The molecule has 0 aliphatic heterocycles. The predicted octanol–water partition coefficient (Wildman–Crippen LogP) is 4.42. The van der Waals surface area contributed by atoms with Crippen molar-refractivity contribution in [2.75, 3.05) is 0 Å². The zero-order valence-corrected chi connectivity index (χ0v) is 11.2. The normalized spacial score (nSPS) is 25.5. The summed E-state index contributed by atoms with van der Waals surface area (Å²) >= 11 is 0. The summed E-state index contributed by atoms with van der Waals surface area (Å²) in [4.78, 5) is 0. The number of aliphatic hydroxyl groups is 1. The second-order valence-corrected chi connectivity index (χ2v) is 6.26. The SMILES string of the molecule is CC(O)c1ccccc1C1CCCC(C)(C)C1. The van der Waals surface area contributed by atoms with Crippen LogP contribution in [0.25, 0.3) is 0 Å². The van der Waals surface area contributed by atoms with Crippen LogP contribution < -0.4 is 0 Å². The van der Waals surface area contributed by atoms with E-state index < -0.39 is 0 Å². The van der Waals surface area contributed by atoms with E-state index in [2.05, 4.69) is 32.0 Å². The molecule has 1 N–H and O–H groups in total. The van der Waals surface area contributed by atoms with Crippen LogP contribution in [0.4, 0.5) is 0 Å². The molecule has 1 aromatic rings. The lowest BCUT2D eigenvalue weighted by Gasteiger charge is -2.36. The van der Waals surface area contributed by atoms with E-state index in [0.29, 0.717) is 11.3 Å². The highest BCUT2D eigenvalue weighted by Crippen LogP contribution is 2.44. The van der Waals surface area contributed by atoms with E-state index in [9.17, 15) is 5.11 Å². The van der Waals surface area contributed by atoms with Gasteiger partial charge in [0, 0.05) is 0 Å². The molecule has 1 heteroatoms. The number of benzene rings is 1.